The molecule has 0 spiro atoms. The number of aryl methyl sites for hydroxylation is 3. The molecule has 156 valence electrons. The highest BCUT2D eigenvalue weighted by molar-refractivity contribution is 6.39. The molecule has 0 unspecified atom stereocenters. The maximum Gasteiger partial charge on any atom is 0.335 e. The van der Waals surface area contributed by atoms with Gasteiger partial charge in [0.2, 0.25) is 0 Å². The van der Waals surface area contributed by atoms with E-state index in [1.165, 1.54) is 6.08 Å². The fraction of sp³-hybridized carbons (Fsp3) is 0.167. The Morgan fingerprint density at radius 3 is 2.32 bits per heavy atom. The van der Waals surface area contributed by atoms with Crippen LogP contribution in [0, 0.1) is 27.7 Å². The first-order valence-corrected chi connectivity index (χ1v) is 9.88. The van der Waals surface area contributed by atoms with Gasteiger partial charge in [0.15, 0.2) is 0 Å². The third-order valence-corrected chi connectivity index (χ3v) is 5.33. The maximum absolute atomic E-state index is 13.1. The van der Waals surface area contributed by atoms with Crippen LogP contribution >= 0.6 is 0 Å². The Balaban J connectivity index is 1.79. The number of hydrogen-bond acceptors (Lipinski definition) is 4. The smallest absolute Gasteiger partial charge is 0.273 e. The summed E-state index contributed by atoms with van der Waals surface area (Å²) in [6.07, 6.45) is 1.51. The van der Waals surface area contributed by atoms with E-state index in [9.17, 15) is 14.4 Å². The number of anilines is 1. The lowest BCUT2D eigenvalue weighted by Crippen LogP contribution is -2.54. The Bertz CT molecular complexity index is 1260. The van der Waals surface area contributed by atoms with Crippen LogP contribution in [0.1, 0.15) is 28.1 Å². The van der Waals surface area contributed by atoms with Gasteiger partial charge in [0.25, 0.3) is 11.8 Å². The summed E-state index contributed by atoms with van der Waals surface area (Å²) in [6.45, 7) is 7.75. The third-order valence-electron chi connectivity index (χ3n) is 5.33. The summed E-state index contributed by atoms with van der Waals surface area (Å²) in [5, 5.41) is 6.88. The van der Waals surface area contributed by atoms with Crippen molar-refractivity contribution in [2.24, 2.45) is 0 Å². The average molecular weight is 414 g/mol. The van der Waals surface area contributed by atoms with Crippen molar-refractivity contribution in [3.8, 4) is 5.69 Å². The normalized spacial score (nSPS) is 15.5. The molecular weight excluding hydrogens is 392 g/mol. The van der Waals surface area contributed by atoms with Crippen molar-refractivity contribution in [3.05, 3.63) is 82.2 Å². The summed E-state index contributed by atoms with van der Waals surface area (Å²) in [5.74, 6) is -1.39. The molecule has 0 aliphatic carbocycles. The summed E-state index contributed by atoms with van der Waals surface area (Å²) < 4.78 is 1.81. The molecule has 1 N–H and O–H groups in total. The van der Waals surface area contributed by atoms with Crippen LogP contribution < -0.4 is 10.2 Å². The topological polar surface area (TPSA) is 84.3 Å². The van der Waals surface area contributed by atoms with Crippen molar-refractivity contribution in [2.45, 2.75) is 27.7 Å². The highest BCUT2D eigenvalue weighted by atomic mass is 16.2. The highest BCUT2D eigenvalue weighted by Gasteiger charge is 2.37. The minimum Gasteiger partial charge on any atom is -0.273 e. The zero-order chi connectivity index (χ0) is 22.3. The van der Waals surface area contributed by atoms with Gasteiger partial charge < -0.3 is 0 Å². The molecule has 1 fully saturated rings. The monoisotopic (exact) mass is 414 g/mol. The SMILES string of the molecule is Cc1ccc(-n2nc(C)c(/C=C3/C(=O)NC(=O)N(c4ccccc4)C3=O)c2C)c(C)c1. The fourth-order valence-electron chi connectivity index (χ4n) is 3.75. The number of carbonyl (C=O) groups excluding carboxylic acids is 3. The Morgan fingerprint density at radius 2 is 1.65 bits per heavy atom. The van der Waals surface area contributed by atoms with Gasteiger partial charge in [-0.2, -0.15) is 5.10 Å². The number of rotatable bonds is 3. The third kappa shape index (κ3) is 3.54. The van der Waals surface area contributed by atoms with E-state index < -0.39 is 17.8 Å². The number of amides is 4. The van der Waals surface area contributed by atoms with E-state index in [4.69, 9.17) is 0 Å². The zero-order valence-corrected chi connectivity index (χ0v) is 17.8. The molecule has 31 heavy (non-hydrogen) atoms. The molecule has 7 heteroatoms. The minimum atomic E-state index is -0.766. The summed E-state index contributed by atoms with van der Waals surface area (Å²) >= 11 is 0. The number of barbiturate groups is 1. The largest absolute Gasteiger partial charge is 0.335 e. The second kappa shape index (κ2) is 7.68. The second-order valence-electron chi connectivity index (χ2n) is 7.58. The predicted octanol–water partition coefficient (Wildman–Crippen LogP) is 3.77. The molecule has 1 aromatic heterocycles. The predicted molar refractivity (Wildman–Crippen MR) is 118 cm³/mol. The Morgan fingerprint density at radius 1 is 0.935 bits per heavy atom. The van der Waals surface area contributed by atoms with Crippen LogP contribution in [0.25, 0.3) is 11.8 Å². The van der Waals surface area contributed by atoms with E-state index >= 15 is 0 Å². The molecule has 0 atom stereocenters. The van der Waals surface area contributed by atoms with Gasteiger partial charge in [-0.3, -0.25) is 14.9 Å². The van der Waals surface area contributed by atoms with Crippen LogP contribution in [0.2, 0.25) is 0 Å². The summed E-state index contributed by atoms with van der Waals surface area (Å²) in [6, 6.07) is 13.8. The van der Waals surface area contributed by atoms with Crippen LogP contribution in [0.3, 0.4) is 0 Å². The van der Waals surface area contributed by atoms with Gasteiger partial charge in [0.1, 0.15) is 5.57 Å². The standard InChI is InChI=1S/C24H22N4O3/c1-14-10-11-21(15(2)12-14)28-17(4)19(16(3)26-28)13-20-22(29)25-24(31)27(23(20)30)18-8-6-5-7-9-18/h5-13H,1-4H3,(H,25,29,31)/b20-13-. The molecule has 0 saturated carbocycles. The van der Waals surface area contributed by atoms with Crippen LogP contribution in [0.15, 0.2) is 54.1 Å². The van der Waals surface area contributed by atoms with Gasteiger partial charge in [-0.05, 0) is 57.5 Å². The molecular formula is C24H22N4O3. The lowest BCUT2D eigenvalue weighted by Gasteiger charge is -2.26. The summed E-state index contributed by atoms with van der Waals surface area (Å²) in [4.78, 5) is 38.9. The summed E-state index contributed by atoms with van der Waals surface area (Å²) in [7, 11) is 0. The zero-order valence-electron chi connectivity index (χ0n) is 17.8. The number of hydrogen-bond donors (Lipinski definition) is 1. The average Bonchev–Trinajstić information content (AvgIpc) is 2.99. The Labute approximate surface area is 180 Å². The Hall–Kier alpha value is -4.00. The molecule has 1 aliphatic heterocycles. The molecule has 0 radical (unpaired) electrons. The first-order chi connectivity index (χ1) is 14.8. The molecule has 2 aromatic carbocycles. The number of nitrogens with zero attached hydrogens (tertiary/aromatic N) is 3. The molecule has 1 aliphatic rings. The number of nitrogens with one attached hydrogen (secondary N) is 1. The van der Waals surface area contributed by atoms with E-state index in [0.29, 0.717) is 16.9 Å². The highest BCUT2D eigenvalue weighted by Crippen LogP contribution is 2.26. The molecule has 1 saturated heterocycles. The van der Waals surface area contributed by atoms with Gasteiger partial charge in [0, 0.05) is 11.3 Å². The number of carbonyl (C=O) groups is 3. The number of aromatic nitrogens is 2. The molecule has 4 rings (SSSR count). The van der Waals surface area contributed by atoms with Crippen molar-refractivity contribution < 1.29 is 14.4 Å². The van der Waals surface area contributed by atoms with Gasteiger partial charge in [-0.25, -0.2) is 14.4 Å². The number of benzene rings is 2. The number of imide groups is 2. The van der Waals surface area contributed by atoms with Crippen molar-refractivity contribution in [1.82, 2.24) is 15.1 Å². The van der Waals surface area contributed by atoms with E-state index in [-0.39, 0.29) is 5.57 Å². The quantitative estimate of drug-likeness (QED) is 0.522. The van der Waals surface area contributed by atoms with Gasteiger partial charge in [-0.15, -0.1) is 0 Å². The van der Waals surface area contributed by atoms with E-state index in [2.05, 4.69) is 16.5 Å². The molecule has 0 bridgehead atoms. The van der Waals surface area contributed by atoms with Gasteiger partial charge in [-0.1, -0.05) is 35.9 Å². The number of urea groups is 1. The van der Waals surface area contributed by atoms with Crippen molar-refractivity contribution >= 4 is 29.6 Å². The lowest BCUT2D eigenvalue weighted by molar-refractivity contribution is -0.122. The number of para-hydroxylation sites is 1. The molecule has 3 aromatic rings. The first-order valence-electron chi connectivity index (χ1n) is 9.88. The van der Waals surface area contributed by atoms with Gasteiger partial charge >= 0.3 is 6.03 Å². The van der Waals surface area contributed by atoms with Gasteiger partial charge in [0.05, 0.1) is 17.1 Å². The van der Waals surface area contributed by atoms with Crippen LogP contribution in [0.5, 0.6) is 0 Å². The van der Waals surface area contributed by atoms with E-state index in [1.807, 2.05) is 44.5 Å². The minimum absolute atomic E-state index is 0.116. The fourth-order valence-corrected chi connectivity index (χ4v) is 3.75. The van der Waals surface area contributed by atoms with Crippen molar-refractivity contribution in [3.63, 3.8) is 0 Å². The molecule has 2 heterocycles. The molecule has 4 amide bonds. The van der Waals surface area contributed by atoms with Crippen LogP contribution in [-0.4, -0.2) is 27.6 Å². The summed E-state index contributed by atoms with van der Waals surface area (Å²) in [5.41, 5.74) is 5.56. The van der Waals surface area contributed by atoms with E-state index in [1.54, 1.807) is 30.3 Å². The maximum atomic E-state index is 13.1. The van der Waals surface area contributed by atoms with Crippen LogP contribution in [-0.2, 0) is 9.59 Å². The lowest BCUT2D eigenvalue weighted by atomic mass is 10.1. The second-order valence-corrected chi connectivity index (χ2v) is 7.58. The van der Waals surface area contributed by atoms with Crippen LogP contribution in [0.4, 0.5) is 10.5 Å². The first kappa shape index (κ1) is 20.3. The Kier molecular flexibility index (Phi) is 5.02. The molecule has 7 nitrogen and oxygen atoms in total. The van der Waals surface area contributed by atoms with Crippen molar-refractivity contribution in [2.75, 3.05) is 4.90 Å². The van der Waals surface area contributed by atoms with E-state index in [0.717, 1.165) is 27.4 Å². The van der Waals surface area contributed by atoms with Crippen molar-refractivity contribution in [1.29, 1.82) is 0 Å².